The number of aryl methyl sites for hydroxylation is 1. The topological polar surface area (TPSA) is 46.0 Å². The van der Waals surface area contributed by atoms with E-state index in [-0.39, 0.29) is 11.7 Å². The third kappa shape index (κ3) is 3.68. The van der Waals surface area contributed by atoms with Crippen molar-refractivity contribution in [3.63, 3.8) is 0 Å². The number of hydrogen-bond acceptors (Lipinski definition) is 3. The van der Waals surface area contributed by atoms with E-state index >= 15 is 0 Å². The van der Waals surface area contributed by atoms with Gasteiger partial charge in [-0.05, 0) is 42.8 Å². The van der Waals surface area contributed by atoms with Crippen LogP contribution in [0, 0.1) is 6.92 Å². The van der Waals surface area contributed by atoms with Crippen LogP contribution in [0.25, 0.3) is 10.9 Å². The summed E-state index contributed by atoms with van der Waals surface area (Å²) in [7, 11) is 0. The van der Waals surface area contributed by atoms with Gasteiger partial charge >= 0.3 is 0 Å². The number of benzene rings is 2. The fourth-order valence-electron chi connectivity index (χ4n) is 3.49. The Morgan fingerprint density at radius 2 is 1.82 bits per heavy atom. The van der Waals surface area contributed by atoms with Gasteiger partial charge in [-0.15, -0.1) is 0 Å². The summed E-state index contributed by atoms with van der Waals surface area (Å²) in [5.41, 5.74) is 4.23. The minimum absolute atomic E-state index is 0.143. The van der Waals surface area contributed by atoms with E-state index in [4.69, 9.17) is 23.2 Å². The summed E-state index contributed by atoms with van der Waals surface area (Å²) >= 11 is 12.4. The maximum Gasteiger partial charge on any atom is 0.145 e. The van der Waals surface area contributed by atoms with E-state index in [9.17, 15) is 5.11 Å². The molecule has 28 heavy (non-hydrogen) atoms. The second-order valence-electron chi connectivity index (χ2n) is 6.78. The second-order valence-corrected chi connectivity index (χ2v) is 7.59. The fraction of sp³-hybridized carbons (Fsp3) is 0.130. The van der Waals surface area contributed by atoms with Crippen LogP contribution in [0.15, 0.2) is 66.9 Å². The molecule has 0 bridgehead atoms. The molecule has 1 atom stereocenters. The number of halogens is 2. The number of pyridine rings is 2. The van der Waals surface area contributed by atoms with E-state index in [0.717, 1.165) is 27.9 Å². The molecule has 5 heteroatoms. The van der Waals surface area contributed by atoms with E-state index in [0.29, 0.717) is 22.0 Å². The van der Waals surface area contributed by atoms with Crippen molar-refractivity contribution < 1.29 is 5.11 Å². The van der Waals surface area contributed by atoms with Crippen LogP contribution in [-0.4, -0.2) is 15.1 Å². The molecule has 3 nitrogen and oxygen atoms in total. The maximum atomic E-state index is 11.0. The Hall–Kier alpha value is -2.62. The van der Waals surface area contributed by atoms with Crippen LogP contribution < -0.4 is 0 Å². The minimum atomic E-state index is -0.143. The summed E-state index contributed by atoms with van der Waals surface area (Å²) < 4.78 is 0. The molecule has 4 aromatic rings. The Bertz CT molecular complexity index is 1160. The van der Waals surface area contributed by atoms with Crippen LogP contribution in [0.3, 0.4) is 0 Å². The molecular weight excluding hydrogens is 391 g/mol. The highest BCUT2D eigenvalue weighted by Crippen LogP contribution is 2.39. The number of rotatable bonds is 4. The molecule has 1 unspecified atom stereocenters. The van der Waals surface area contributed by atoms with Crippen molar-refractivity contribution in [1.29, 1.82) is 0 Å². The lowest BCUT2D eigenvalue weighted by Gasteiger charge is -2.20. The number of nitrogens with zero attached hydrogens (tertiary/aromatic N) is 2. The van der Waals surface area contributed by atoms with Gasteiger partial charge < -0.3 is 5.11 Å². The Morgan fingerprint density at radius 1 is 0.964 bits per heavy atom. The van der Waals surface area contributed by atoms with Gasteiger partial charge in [0, 0.05) is 40.9 Å². The second kappa shape index (κ2) is 7.78. The summed E-state index contributed by atoms with van der Waals surface area (Å²) in [4.78, 5) is 9.00. The lowest BCUT2D eigenvalue weighted by atomic mass is 9.86. The van der Waals surface area contributed by atoms with E-state index in [1.807, 2.05) is 61.5 Å². The van der Waals surface area contributed by atoms with Crippen LogP contribution >= 0.6 is 23.2 Å². The zero-order chi connectivity index (χ0) is 19.7. The monoisotopic (exact) mass is 408 g/mol. The van der Waals surface area contributed by atoms with Crippen LogP contribution in [0.4, 0.5) is 0 Å². The van der Waals surface area contributed by atoms with Gasteiger partial charge in [-0.25, -0.2) is 0 Å². The molecule has 0 saturated heterocycles. The number of aromatic nitrogens is 2. The van der Waals surface area contributed by atoms with Gasteiger partial charge in [0.05, 0.1) is 10.0 Å². The highest BCUT2D eigenvalue weighted by atomic mass is 35.5. The number of phenols is 1. The van der Waals surface area contributed by atoms with Crippen molar-refractivity contribution in [2.75, 3.05) is 0 Å². The summed E-state index contributed by atoms with van der Waals surface area (Å²) in [6.07, 6.45) is 2.30. The van der Waals surface area contributed by atoms with Crippen LogP contribution in [0.2, 0.25) is 10.0 Å². The average molecular weight is 409 g/mol. The molecular formula is C23H18Cl2N2O. The lowest BCUT2D eigenvalue weighted by Crippen LogP contribution is -2.08. The van der Waals surface area contributed by atoms with Crippen molar-refractivity contribution in [3.8, 4) is 5.75 Å². The van der Waals surface area contributed by atoms with Gasteiger partial charge in [0.2, 0.25) is 0 Å². The first-order chi connectivity index (χ1) is 13.5. The Kier molecular flexibility index (Phi) is 5.21. The first kappa shape index (κ1) is 18.7. The molecule has 0 aliphatic heterocycles. The maximum absolute atomic E-state index is 11.0. The van der Waals surface area contributed by atoms with Gasteiger partial charge in [-0.2, -0.15) is 0 Å². The fourth-order valence-corrected chi connectivity index (χ4v) is 3.79. The average Bonchev–Trinajstić information content (AvgIpc) is 2.69. The molecule has 0 aliphatic rings. The molecule has 0 fully saturated rings. The van der Waals surface area contributed by atoms with Crippen molar-refractivity contribution in [1.82, 2.24) is 9.97 Å². The van der Waals surface area contributed by atoms with Gasteiger partial charge in [0.15, 0.2) is 0 Å². The number of hydrogen-bond donors (Lipinski definition) is 1. The smallest absolute Gasteiger partial charge is 0.145 e. The van der Waals surface area contributed by atoms with Gasteiger partial charge in [-0.1, -0.05) is 53.5 Å². The van der Waals surface area contributed by atoms with Crippen molar-refractivity contribution >= 4 is 34.1 Å². The third-order valence-corrected chi connectivity index (χ3v) is 5.60. The highest BCUT2D eigenvalue weighted by Gasteiger charge is 2.22. The van der Waals surface area contributed by atoms with E-state index in [1.54, 1.807) is 12.3 Å². The van der Waals surface area contributed by atoms with Crippen molar-refractivity contribution in [2.45, 2.75) is 19.3 Å². The molecule has 140 valence electrons. The van der Waals surface area contributed by atoms with Crippen LogP contribution in [0.5, 0.6) is 5.75 Å². The zero-order valence-electron chi connectivity index (χ0n) is 15.2. The molecule has 0 aliphatic carbocycles. The third-order valence-electron chi connectivity index (χ3n) is 4.86. The first-order valence-electron chi connectivity index (χ1n) is 8.97. The van der Waals surface area contributed by atoms with Crippen LogP contribution in [0.1, 0.15) is 28.4 Å². The molecule has 1 N–H and O–H groups in total. The van der Waals surface area contributed by atoms with Crippen molar-refractivity contribution in [3.05, 3.63) is 99.4 Å². The zero-order valence-corrected chi connectivity index (χ0v) is 16.7. The SMILES string of the molecule is Cc1cccc(CC(c2ccc(Cl)c(Cl)c2)c2ccc3cccnc3c2O)n1. The van der Waals surface area contributed by atoms with E-state index < -0.39 is 0 Å². The summed E-state index contributed by atoms with van der Waals surface area (Å²) in [6.45, 7) is 1.97. The predicted octanol–water partition coefficient (Wildman–Crippen LogP) is 6.33. The molecule has 2 heterocycles. The predicted molar refractivity (Wildman–Crippen MR) is 114 cm³/mol. The van der Waals surface area contributed by atoms with Crippen molar-refractivity contribution in [2.24, 2.45) is 0 Å². The minimum Gasteiger partial charge on any atom is -0.505 e. The number of phenolic OH excluding ortho intramolecular Hbond substituents is 1. The standard InChI is InChI=1S/C23H18Cl2N2O/c1-14-4-2-6-17(27-14)13-19(16-8-10-20(24)21(25)12-16)18-9-7-15-5-3-11-26-22(15)23(18)28/h2-12,19,28H,13H2,1H3. The summed E-state index contributed by atoms with van der Waals surface area (Å²) in [5.74, 6) is 0.0392. The molecule has 2 aromatic heterocycles. The Morgan fingerprint density at radius 3 is 2.61 bits per heavy atom. The molecule has 0 radical (unpaired) electrons. The van der Waals surface area contributed by atoms with Crippen LogP contribution in [-0.2, 0) is 6.42 Å². The van der Waals surface area contributed by atoms with Gasteiger partial charge in [0.1, 0.15) is 11.3 Å². The molecule has 0 saturated carbocycles. The summed E-state index contributed by atoms with van der Waals surface area (Å²) in [5, 5.41) is 12.9. The Balaban J connectivity index is 1.87. The molecule has 2 aromatic carbocycles. The lowest BCUT2D eigenvalue weighted by molar-refractivity contribution is 0.469. The molecule has 4 rings (SSSR count). The number of fused-ring (bicyclic) bond motifs is 1. The number of aromatic hydroxyl groups is 1. The molecule has 0 spiro atoms. The van der Waals surface area contributed by atoms with Gasteiger partial charge in [-0.3, -0.25) is 9.97 Å². The quantitative estimate of drug-likeness (QED) is 0.429. The van der Waals surface area contributed by atoms with E-state index in [2.05, 4.69) is 9.97 Å². The first-order valence-corrected chi connectivity index (χ1v) is 9.72. The normalized spacial score (nSPS) is 12.2. The van der Waals surface area contributed by atoms with E-state index in [1.165, 1.54) is 0 Å². The highest BCUT2D eigenvalue weighted by molar-refractivity contribution is 6.42. The largest absolute Gasteiger partial charge is 0.505 e. The summed E-state index contributed by atoms with van der Waals surface area (Å²) in [6, 6.07) is 19.2. The van der Waals surface area contributed by atoms with Gasteiger partial charge in [0.25, 0.3) is 0 Å². The Labute approximate surface area is 173 Å². The molecule has 0 amide bonds.